The van der Waals surface area contributed by atoms with Crippen molar-refractivity contribution in [2.24, 2.45) is 0 Å². The predicted octanol–water partition coefficient (Wildman–Crippen LogP) is 4.86. The lowest BCUT2D eigenvalue weighted by Gasteiger charge is -2.07. The molecular weight excluding hydrogens is 360 g/mol. The molecule has 0 aliphatic carbocycles. The smallest absolute Gasteiger partial charge is 0.277 e. The summed E-state index contributed by atoms with van der Waals surface area (Å²) in [6.07, 6.45) is 0. The SMILES string of the molecule is Cc1ccc(C)c(OCc2nnc(SCC(=O)c3cc(C)ccc3C)o2)c1. The van der Waals surface area contributed by atoms with Gasteiger partial charge in [-0.15, -0.1) is 10.2 Å². The number of carbonyl (C=O) groups excluding carboxylic acids is 1. The van der Waals surface area contributed by atoms with Crippen molar-refractivity contribution in [2.75, 3.05) is 5.75 Å². The maximum atomic E-state index is 12.4. The normalized spacial score (nSPS) is 10.8. The molecule has 3 aromatic rings. The first-order valence-corrected chi connectivity index (χ1v) is 9.66. The summed E-state index contributed by atoms with van der Waals surface area (Å²) in [5.74, 6) is 1.49. The Kier molecular flexibility index (Phi) is 5.96. The van der Waals surface area contributed by atoms with Crippen LogP contribution in [-0.2, 0) is 6.61 Å². The van der Waals surface area contributed by atoms with E-state index in [9.17, 15) is 4.79 Å². The number of ketones is 1. The first-order chi connectivity index (χ1) is 12.9. The zero-order valence-electron chi connectivity index (χ0n) is 15.9. The van der Waals surface area contributed by atoms with Gasteiger partial charge in [0.1, 0.15) is 5.75 Å². The van der Waals surface area contributed by atoms with Crippen LogP contribution in [0.1, 0.15) is 38.5 Å². The highest BCUT2D eigenvalue weighted by Gasteiger charge is 2.14. The standard InChI is InChI=1S/C21H22N2O3S/c1-13-5-7-15(3)17(9-13)18(24)12-27-21-23-22-20(26-21)11-25-19-10-14(2)6-8-16(19)4/h5-10H,11-12H2,1-4H3. The molecule has 0 radical (unpaired) electrons. The van der Waals surface area contributed by atoms with Gasteiger partial charge in [-0.25, -0.2) is 0 Å². The fourth-order valence-electron chi connectivity index (χ4n) is 2.60. The summed E-state index contributed by atoms with van der Waals surface area (Å²) in [7, 11) is 0. The lowest BCUT2D eigenvalue weighted by Crippen LogP contribution is -2.05. The molecular formula is C21H22N2O3S. The van der Waals surface area contributed by atoms with Gasteiger partial charge >= 0.3 is 0 Å². The third kappa shape index (κ3) is 4.98. The van der Waals surface area contributed by atoms with E-state index < -0.39 is 0 Å². The molecule has 6 heteroatoms. The minimum atomic E-state index is 0.0487. The van der Waals surface area contributed by atoms with E-state index >= 15 is 0 Å². The minimum Gasteiger partial charge on any atom is -0.484 e. The van der Waals surface area contributed by atoms with Crippen LogP contribution >= 0.6 is 11.8 Å². The molecule has 27 heavy (non-hydrogen) atoms. The zero-order chi connectivity index (χ0) is 19.4. The monoisotopic (exact) mass is 382 g/mol. The third-order valence-corrected chi connectivity index (χ3v) is 4.98. The van der Waals surface area contributed by atoms with Gasteiger partial charge in [0.15, 0.2) is 12.4 Å². The highest BCUT2D eigenvalue weighted by molar-refractivity contribution is 7.99. The van der Waals surface area contributed by atoms with Gasteiger partial charge in [0.05, 0.1) is 5.75 Å². The van der Waals surface area contributed by atoms with Crippen molar-refractivity contribution in [3.8, 4) is 5.75 Å². The van der Waals surface area contributed by atoms with Gasteiger partial charge in [0, 0.05) is 5.56 Å². The first-order valence-electron chi connectivity index (χ1n) is 8.68. The molecule has 0 fully saturated rings. The number of aromatic nitrogens is 2. The van der Waals surface area contributed by atoms with E-state index in [0.29, 0.717) is 11.1 Å². The molecule has 0 saturated heterocycles. The van der Waals surface area contributed by atoms with Gasteiger partial charge in [-0.05, 0) is 56.5 Å². The Bertz CT molecular complexity index is 966. The van der Waals surface area contributed by atoms with Crippen molar-refractivity contribution >= 4 is 17.5 Å². The van der Waals surface area contributed by atoms with E-state index in [2.05, 4.69) is 10.2 Å². The van der Waals surface area contributed by atoms with Crippen molar-refractivity contribution in [1.82, 2.24) is 10.2 Å². The number of thioether (sulfide) groups is 1. The summed E-state index contributed by atoms with van der Waals surface area (Å²) < 4.78 is 11.3. The van der Waals surface area contributed by atoms with Crippen LogP contribution in [-0.4, -0.2) is 21.7 Å². The van der Waals surface area contributed by atoms with Gasteiger partial charge in [-0.2, -0.15) is 0 Å². The Morgan fingerprint density at radius 1 is 1.00 bits per heavy atom. The van der Waals surface area contributed by atoms with E-state index in [0.717, 1.165) is 33.6 Å². The number of nitrogens with zero attached hydrogens (tertiary/aromatic N) is 2. The molecule has 0 aliphatic rings. The topological polar surface area (TPSA) is 65.2 Å². The second kappa shape index (κ2) is 8.39. The van der Waals surface area contributed by atoms with Crippen molar-refractivity contribution in [2.45, 2.75) is 39.5 Å². The number of rotatable bonds is 7. The summed E-state index contributed by atoms with van der Waals surface area (Å²) in [5, 5.41) is 8.35. The van der Waals surface area contributed by atoms with Crippen LogP contribution in [0.25, 0.3) is 0 Å². The van der Waals surface area contributed by atoms with E-state index in [4.69, 9.17) is 9.15 Å². The van der Waals surface area contributed by atoms with Crippen LogP contribution in [0.4, 0.5) is 0 Å². The number of hydrogen-bond donors (Lipinski definition) is 0. The zero-order valence-corrected chi connectivity index (χ0v) is 16.7. The largest absolute Gasteiger partial charge is 0.484 e. The van der Waals surface area contributed by atoms with Gasteiger partial charge in [0.2, 0.25) is 0 Å². The Labute approximate surface area is 163 Å². The molecule has 0 unspecified atom stereocenters. The number of hydrogen-bond acceptors (Lipinski definition) is 6. The van der Waals surface area contributed by atoms with Crippen LogP contribution in [0.15, 0.2) is 46.0 Å². The molecule has 140 valence electrons. The number of benzene rings is 2. The Morgan fingerprint density at radius 3 is 2.48 bits per heavy atom. The first kappa shape index (κ1) is 19.2. The molecule has 0 atom stereocenters. The van der Waals surface area contributed by atoms with Gasteiger partial charge in [-0.3, -0.25) is 4.79 Å². The van der Waals surface area contributed by atoms with Crippen LogP contribution in [0.2, 0.25) is 0 Å². The van der Waals surface area contributed by atoms with Crippen molar-refractivity contribution in [3.63, 3.8) is 0 Å². The number of ether oxygens (including phenoxy) is 1. The molecule has 0 aliphatic heterocycles. The van der Waals surface area contributed by atoms with E-state index in [1.54, 1.807) is 0 Å². The van der Waals surface area contributed by atoms with Crippen LogP contribution in [0, 0.1) is 27.7 Å². The van der Waals surface area contributed by atoms with Gasteiger partial charge in [0.25, 0.3) is 11.1 Å². The predicted molar refractivity (Wildman–Crippen MR) is 106 cm³/mol. The van der Waals surface area contributed by atoms with Crippen LogP contribution in [0.5, 0.6) is 5.75 Å². The Balaban J connectivity index is 1.57. The lowest BCUT2D eigenvalue weighted by molar-refractivity contribution is 0.102. The highest BCUT2D eigenvalue weighted by atomic mass is 32.2. The summed E-state index contributed by atoms with van der Waals surface area (Å²) in [5.41, 5.74) is 4.95. The molecule has 0 bridgehead atoms. The molecule has 5 nitrogen and oxygen atoms in total. The van der Waals surface area contributed by atoms with Crippen LogP contribution in [0.3, 0.4) is 0 Å². The Hall–Kier alpha value is -2.60. The number of aryl methyl sites for hydroxylation is 4. The maximum Gasteiger partial charge on any atom is 0.277 e. The molecule has 2 aromatic carbocycles. The summed E-state index contributed by atoms with van der Waals surface area (Å²) >= 11 is 1.24. The average Bonchev–Trinajstić information content (AvgIpc) is 3.10. The van der Waals surface area contributed by atoms with Crippen molar-refractivity contribution < 1.29 is 13.9 Å². The van der Waals surface area contributed by atoms with E-state index in [1.165, 1.54) is 11.8 Å². The fraction of sp³-hybridized carbons (Fsp3) is 0.286. The molecule has 0 saturated carbocycles. The fourth-order valence-corrected chi connectivity index (χ4v) is 3.26. The van der Waals surface area contributed by atoms with E-state index in [1.807, 2.05) is 64.1 Å². The van der Waals surface area contributed by atoms with Crippen molar-refractivity contribution in [1.29, 1.82) is 0 Å². The molecule has 1 aromatic heterocycles. The number of Topliss-reactive ketones (excluding diaryl/α,β-unsaturated/α-hetero) is 1. The van der Waals surface area contributed by atoms with Gasteiger partial charge < -0.3 is 9.15 Å². The quantitative estimate of drug-likeness (QED) is 0.430. The molecule has 0 N–H and O–H groups in total. The van der Waals surface area contributed by atoms with E-state index in [-0.39, 0.29) is 18.1 Å². The number of carbonyl (C=O) groups is 1. The third-order valence-electron chi connectivity index (χ3n) is 4.16. The minimum absolute atomic E-state index is 0.0487. The summed E-state index contributed by atoms with van der Waals surface area (Å²) in [6, 6.07) is 11.9. The molecule has 3 rings (SSSR count). The average molecular weight is 382 g/mol. The second-order valence-electron chi connectivity index (χ2n) is 6.55. The van der Waals surface area contributed by atoms with Gasteiger partial charge in [-0.1, -0.05) is 41.6 Å². The lowest BCUT2D eigenvalue weighted by atomic mass is 10.0. The highest BCUT2D eigenvalue weighted by Crippen LogP contribution is 2.22. The second-order valence-corrected chi connectivity index (χ2v) is 7.48. The maximum absolute atomic E-state index is 12.4. The molecule has 0 amide bonds. The summed E-state index contributed by atoms with van der Waals surface area (Å²) in [6.45, 7) is 8.11. The Morgan fingerprint density at radius 2 is 1.70 bits per heavy atom. The van der Waals surface area contributed by atoms with Crippen molar-refractivity contribution in [3.05, 3.63) is 70.1 Å². The van der Waals surface area contributed by atoms with Crippen LogP contribution < -0.4 is 4.74 Å². The molecule has 0 spiro atoms. The molecule has 1 heterocycles. The summed E-state index contributed by atoms with van der Waals surface area (Å²) in [4.78, 5) is 12.4.